The highest BCUT2D eigenvalue weighted by atomic mass is 79.9. The number of amides is 2. The molecule has 0 saturated carbocycles. The molecule has 0 aliphatic rings. The first-order chi connectivity index (χ1) is 10.1. The molecule has 7 heteroatoms. The monoisotopic (exact) mass is 365 g/mol. The van der Waals surface area contributed by atoms with Crippen LogP contribution in [0.25, 0.3) is 0 Å². The first-order valence-corrected chi connectivity index (χ1v) is 7.71. The fourth-order valence-electron chi connectivity index (χ4n) is 1.46. The zero-order chi connectivity index (χ0) is 15.1. The summed E-state index contributed by atoms with van der Waals surface area (Å²) in [6, 6.07) is 10.7. The number of hydrogen-bond acceptors (Lipinski definition) is 4. The molecular weight excluding hydrogens is 354 g/mol. The lowest BCUT2D eigenvalue weighted by atomic mass is 10.2. The maximum absolute atomic E-state index is 11.8. The summed E-state index contributed by atoms with van der Waals surface area (Å²) >= 11 is 4.80. The fourth-order valence-corrected chi connectivity index (χ4v) is 2.45. The first kappa shape index (κ1) is 15.4. The van der Waals surface area contributed by atoms with Gasteiger partial charge < -0.3 is 5.32 Å². The molecule has 0 radical (unpaired) electrons. The van der Waals surface area contributed by atoms with Gasteiger partial charge >= 0.3 is 0 Å². The molecule has 21 heavy (non-hydrogen) atoms. The van der Waals surface area contributed by atoms with Crippen molar-refractivity contribution in [3.63, 3.8) is 0 Å². The highest BCUT2D eigenvalue weighted by Crippen LogP contribution is 2.11. The zero-order valence-corrected chi connectivity index (χ0v) is 13.3. The Morgan fingerprint density at radius 1 is 1.29 bits per heavy atom. The summed E-state index contributed by atoms with van der Waals surface area (Å²) in [5.41, 5.74) is 2.84. The number of carbonyl (C=O) groups is 2. The lowest BCUT2D eigenvalue weighted by molar-refractivity contribution is -0.120. The molecule has 1 heterocycles. The molecule has 0 aliphatic carbocycles. The van der Waals surface area contributed by atoms with Crippen LogP contribution in [0.1, 0.15) is 15.2 Å². The minimum atomic E-state index is -0.383. The van der Waals surface area contributed by atoms with Gasteiger partial charge in [0.15, 0.2) is 0 Å². The summed E-state index contributed by atoms with van der Waals surface area (Å²) in [6.07, 6.45) is 1.55. The molecule has 108 valence electrons. The third kappa shape index (κ3) is 5.13. The van der Waals surface area contributed by atoms with Crippen LogP contribution in [0, 0.1) is 0 Å². The number of carbonyl (C=O) groups excluding carboxylic acids is 2. The molecule has 1 aromatic heterocycles. The van der Waals surface area contributed by atoms with Crippen LogP contribution < -0.4 is 10.7 Å². The van der Waals surface area contributed by atoms with Crippen molar-refractivity contribution in [2.24, 2.45) is 5.10 Å². The summed E-state index contributed by atoms with van der Waals surface area (Å²) in [5, 5.41) is 8.25. The maximum Gasteiger partial charge on any atom is 0.259 e. The molecule has 0 aliphatic heterocycles. The van der Waals surface area contributed by atoms with Crippen LogP contribution in [0.15, 0.2) is 51.4 Å². The lowest BCUT2D eigenvalue weighted by Crippen LogP contribution is -2.34. The Morgan fingerprint density at radius 2 is 2.14 bits per heavy atom. The van der Waals surface area contributed by atoms with E-state index in [9.17, 15) is 9.59 Å². The number of rotatable bonds is 5. The van der Waals surface area contributed by atoms with Gasteiger partial charge in [0.1, 0.15) is 0 Å². The van der Waals surface area contributed by atoms with Crippen molar-refractivity contribution in [2.75, 3.05) is 6.54 Å². The van der Waals surface area contributed by atoms with Crippen LogP contribution in [0.3, 0.4) is 0 Å². The van der Waals surface area contributed by atoms with E-state index in [1.54, 1.807) is 24.4 Å². The molecule has 2 N–H and O–H groups in total. The van der Waals surface area contributed by atoms with Crippen LogP contribution >= 0.6 is 27.3 Å². The molecule has 2 rings (SSSR count). The smallest absolute Gasteiger partial charge is 0.259 e. The van der Waals surface area contributed by atoms with E-state index < -0.39 is 0 Å². The van der Waals surface area contributed by atoms with Crippen molar-refractivity contribution in [1.29, 1.82) is 0 Å². The average molecular weight is 366 g/mol. The van der Waals surface area contributed by atoms with Crippen LogP contribution in [-0.2, 0) is 4.79 Å². The normalized spacial score (nSPS) is 10.5. The molecule has 0 bridgehead atoms. The summed E-state index contributed by atoms with van der Waals surface area (Å²) in [5.74, 6) is -0.695. The van der Waals surface area contributed by atoms with Crippen LogP contribution in [0.4, 0.5) is 0 Å². The molecule has 0 fully saturated rings. The third-order valence-corrected chi connectivity index (χ3v) is 3.72. The van der Waals surface area contributed by atoms with E-state index >= 15 is 0 Å². The van der Waals surface area contributed by atoms with E-state index in [2.05, 4.69) is 31.8 Å². The number of thiophene rings is 1. The Balaban J connectivity index is 1.77. The van der Waals surface area contributed by atoms with Crippen LogP contribution in [0.5, 0.6) is 0 Å². The summed E-state index contributed by atoms with van der Waals surface area (Å²) in [6.45, 7) is -0.132. The molecule has 5 nitrogen and oxygen atoms in total. The quantitative estimate of drug-likeness (QED) is 0.630. The Labute approximate surface area is 134 Å². The standard InChI is InChI=1S/C14H12BrN3O2S/c15-11-4-1-3-10(7-11)14(20)16-9-13(19)18-17-8-12-5-2-6-21-12/h1-8H,9H2,(H,16,20)(H,18,19)/b17-8+. The van der Waals surface area contributed by atoms with Gasteiger partial charge in [-0.25, -0.2) is 5.43 Å². The summed E-state index contributed by atoms with van der Waals surface area (Å²) in [4.78, 5) is 24.3. The number of benzene rings is 1. The number of hydrazone groups is 1. The summed E-state index contributed by atoms with van der Waals surface area (Å²) < 4.78 is 0.806. The minimum Gasteiger partial charge on any atom is -0.343 e. The molecule has 2 amide bonds. The Hall–Kier alpha value is -1.99. The highest BCUT2D eigenvalue weighted by molar-refractivity contribution is 9.10. The van der Waals surface area contributed by atoms with Gasteiger partial charge in [0.05, 0.1) is 12.8 Å². The van der Waals surface area contributed by atoms with Gasteiger partial charge in [-0.1, -0.05) is 28.1 Å². The lowest BCUT2D eigenvalue weighted by Gasteiger charge is -2.04. The first-order valence-electron chi connectivity index (χ1n) is 6.04. The Kier molecular flexibility index (Phi) is 5.65. The van der Waals surface area contributed by atoms with Gasteiger partial charge in [0, 0.05) is 14.9 Å². The third-order valence-electron chi connectivity index (χ3n) is 2.42. The predicted molar refractivity (Wildman–Crippen MR) is 86.5 cm³/mol. The van der Waals surface area contributed by atoms with Crippen molar-refractivity contribution in [3.8, 4) is 0 Å². The van der Waals surface area contributed by atoms with Gasteiger partial charge in [0.25, 0.3) is 11.8 Å². The molecule has 1 aromatic carbocycles. The number of hydrogen-bond donors (Lipinski definition) is 2. The SMILES string of the molecule is O=C(CNC(=O)c1cccc(Br)c1)N/N=C/c1cccs1. The fraction of sp³-hybridized carbons (Fsp3) is 0.0714. The highest BCUT2D eigenvalue weighted by Gasteiger charge is 2.07. The Morgan fingerprint density at radius 3 is 2.86 bits per heavy atom. The second-order valence-corrected chi connectivity index (χ2v) is 5.90. The van der Waals surface area contributed by atoms with E-state index in [-0.39, 0.29) is 18.4 Å². The molecular formula is C14H12BrN3O2S. The van der Waals surface area contributed by atoms with Gasteiger partial charge in [-0.05, 0) is 29.6 Å². The van der Waals surface area contributed by atoms with Crippen molar-refractivity contribution in [1.82, 2.24) is 10.7 Å². The van der Waals surface area contributed by atoms with Crippen molar-refractivity contribution < 1.29 is 9.59 Å². The molecule has 0 atom stereocenters. The average Bonchev–Trinajstić information content (AvgIpc) is 2.98. The number of nitrogens with zero attached hydrogens (tertiary/aromatic N) is 1. The molecule has 0 unspecified atom stereocenters. The van der Waals surface area contributed by atoms with Crippen molar-refractivity contribution in [3.05, 3.63) is 56.7 Å². The second-order valence-electron chi connectivity index (χ2n) is 4.00. The van der Waals surface area contributed by atoms with Crippen LogP contribution in [0.2, 0.25) is 0 Å². The number of halogens is 1. The summed E-state index contributed by atoms with van der Waals surface area (Å²) in [7, 11) is 0. The zero-order valence-electron chi connectivity index (χ0n) is 10.9. The molecule has 0 saturated heterocycles. The predicted octanol–water partition coefficient (Wildman–Crippen LogP) is 2.39. The van der Waals surface area contributed by atoms with E-state index in [4.69, 9.17) is 0 Å². The molecule has 2 aromatic rings. The van der Waals surface area contributed by atoms with Gasteiger partial charge in [-0.2, -0.15) is 5.10 Å². The van der Waals surface area contributed by atoms with E-state index in [1.807, 2.05) is 23.6 Å². The van der Waals surface area contributed by atoms with Gasteiger partial charge in [-0.3, -0.25) is 9.59 Å². The van der Waals surface area contributed by atoms with E-state index in [1.165, 1.54) is 11.3 Å². The van der Waals surface area contributed by atoms with Gasteiger partial charge in [-0.15, -0.1) is 11.3 Å². The number of nitrogens with one attached hydrogen (secondary N) is 2. The largest absolute Gasteiger partial charge is 0.343 e. The van der Waals surface area contributed by atoms with E-state index in [0.29, 0.717) is 5.56 Å². The van der Waals surface area contributed by atoms with Crippen molar-refractivity contribution >= 4 is 45.3 Å². The Bertz CT molecular complexity index is 656. The molecule has 0 spiro atoms. The maximum atomic E-state index is 11.8. The van der Waals surface area contributed by atoms with Crippen molar-refractivity contribution in [2.45, 2.75) is 0 Å². The second kappa shape index (κ2) is 7.70. The van der Waals surface area contributed by atoms with Gasteiger partial charge in [0.2, 0.25) is 0 Å². The van der Waals surface area contributed by atoms with E-state index in [0.717, 1.165) is 9.35 Å². The minimum absolute atomic E-state index is 0.132. The topological polar surface area (TPSA) is 70.6 Å². The van der Waals surface area contributed by atoms with Crippen LogP contribution in [-0.4, -0.2) is 24.6 Å².